The largest absolute Gasteiger partial charge is 0.423 e. The van der Waals surface area contributed by atoms with Gasteiger partial charge in [0.2, 0.25) is 0 Å². The lowest BCUT2D eigenvalue weighted by molar-refractivity contribution is -0.130. The van der Waals surface area contributed by atoms with Gasteiger partial charge in [-0.3, -0.25) is 0 Å². The van der Waals surface area contributed by atoms with E-state index in [1.807, 2.05) is 26.0 Å². The topological polar surface area (TPSA) is 52.6 Å². The fourth-order valence-corrected chi connectivity index (χ4v) is 3.40. The Kier molecular flexibility index (Phi) is 7.25. The molecule has 0 radical (unpaired) electrons. The minimum atomic E-state index is -0.678. The number of carbonyl (C=O) groups is 2. The molecule has 0 aliphatic heterocycles. The highest BCUT2D eigenvalue weighted by molar-refractivity contribution is 9.10. The fraction of sp³-hybridized carbons (Fsp3) is 0.217. The molecule has 2 rings (SSSR count). The summed E-state index contributed by atoms with van der Waals surface area (Å²) in [5.74, 6) is -0.202. The molecular formula is C23H22Br2O4. The van der Waals surface area contributed by atoms with Gasteiger partial charge in [0.25, 0.3) is 0 Å². The van der Waals surface area contributed by atoms with Crippen molar-refractivity contribution >= 4 is 43.8 Å². The first-order chi connectivity index (χ1) is 13.4. The number of ether oxygens (including phenoxy) is 2. The zero-order valence-corrected chi connectivity index (χ0v) is 19.9. The van der Waals surface area contributed by atoms with E-state index in [1.54, 1.807) is 38.1 Å². The number of rotatable bonds is 6. The van der Waals surface area contributed by atoms with E-state index in [2.05, 4.69) is 45.0 Å². The highest BCUT2D eigenvalue weighted by Crippen LogP contribution is 2.43. The number of halogens is 2. The molecule has 152 valence electrons. The summed E-state index contributed by atoms with van der Waals surface area (Å²) < 4.78 is 12.8. The summed E-state index contributed by atoms with van der Waals surface area (Å²) >= 11 is 6.97. The molecule has 0 saturated carbocycles. The molecule has 29 heavy (non-hydrogen) atoms. The van der Waals surface area contributed by atoms with Crippen LogP contribution in [-0.4, -0.2) is 11.9 Å². The second-order valence-corrected chi connectivity index (χ2v) is 9.08. The van der Waals surface area contributed by atoms with E-state index < -0.39 is 17.4 Å². The number of esters is 2. The third kappa shape index (κ3) is 5.46. The molecule has 0 saturated heterocycles. The van der Waals surface area contributed by atoms with Crippen LogP contribution in [0.15, 0.2) is 69.6 Å². The average molecular weight is 522 g/mol. The quantitative estimate of drug-likeness (QED) is 0.247. The summed E-state index contributed by atoms with van der Waals surface area (Å²) in [6.07, 6.45) is 0. The summed E-state index contributed by atoms with van der Waals surface area (Å²) in [6.45, 7) is 14.4. The van der Waals surface area contributed by atoms with Crippen molar-refractivity contribution in [3.8, 4) is 11.5 Å². The summed E-state index contributed by atoms with van der Waals surface area (Å²) in [7, 11) is 0. The van der Waals surface area contributed by atoms with E-state index in [0.29, 0.717) is 22.6 Å². The summed E-state index contributed by atoms with van der Waals surface area (Å²) in [4.78, 5) is 24.3. The molecule has 0 aromatic heterocycles. The van der Waals surface area contributed by atoms with Crippen LogP contribution < -0.4 is 9.47 Å². The Labute approximate surface area is 187 Å². The van der Waals surface area contributed by atoms with Crippen molar-refractivity contribution in [1.29, 1.82) is 0 Å². The van der Waals surface area contributed by atoms with E-state index in [0.717, 1.165) is 20.1 Å². The minimum absolute atomic E-state index is 0.301. The van der Waals surface area contributed by atoms with Crippen molar-refractivity contribution in [3.63, 3.8) is 0 Å². The first-order valence-corrected chi connectivity index (χ1v) is 10.4. The lowest BCUT2D eigenvalue weighted by atomic mass is 9.77. The molecule has 2 aromatic carbocycles. The number of hydrogen-bond donors (Lipinski definition) is 0. The Bertz CT molecular complexity index is 926. The first kappa shape index (κ1) is 23.1. The van der Waals surface area contributed by atoms with Crippen LogP contribution in [0.25, 0.3) is 0 Å². The Hall–Kier alpha value is -2.18. The van der Waals surface area contributed by atoms with Gasteiger partial charge in [0.05, 0.1) is 0 Å². The van der Waals surface area contributed by atoms with Crippen molar-refractivity contribution in [3.05, 3.63) is 80.8 Å². The molecule has 0 fully saturated rings. The monoisotopic (exact) mass is 520 g/mol. The van der Waals surface area contributed by atoms with Gasteiger partial charge in [0, 0.05) is 36.6 Å². The Morgan fingerprint density at radius 1 is 0.793 bits per heavy atom. The van der Waals surface area contributed by atoms with E-state index >= 15 is 0 Å². The second kappa shape index (κ2) is 9.09. The van der Waals surface area contributed by atoms with Crippen LogP contribution in [0.3, 0.4) is 0 Å². The predicted octanol–water partition coefficient (Wildman–Crippen LogP) is 6.50. The molecular weight excluding hydrogens is 500 g/mol. The van der Waals surface area contributed by atoms with Crippen LogP contribution in [-0.2, 0) is 15.0 Å². The van der Waals surface area contributed by atoms with Gasteiger partial charge in [-0.2, -0.15) is 0 Å². The van der Waals surface area contributed by atoms with Gasteiger partial charge in [0.15, 0.2) is 0 Å². The zero-order chi connectivity index (χ0) is 21.9. The number of hydrogen-bond acceptors (Lipinski definition) is 4. The third-order valence-electron chi connectivity index (χ3n) is 4.33. The molecule has 4 nitrogen and oxygen atoms in total. The number of benzene rings is 2. The predicted molar refractivity (Wildman–Crippen MR) is 121 cm³/mol. The van der Waals surface area contributed by atoms with Gasteiger partial charge in [-0.25, -0.2) is 9.59 Å². The molecule has 0 aliphatic carbocycles. The molecule has 6 heteroatoms. The van der Waals surface area contributed by atoms with E-state index in [4.69, 9.17) is 9.47 Å². The zero-order valence-electron chi connectivity index (χ0n) is 16.8. The molecule has 0 heterocycles. The van der Waals surface area contributed by atoms with Gasteiger partial charge in [-0.15, -0.1) is 0 Å². The Morgan fingerprint density at radius 3 is 1.45 bits per heavy atom. The maximum atomic E-state index is 12.1. The normalized spacial score (nSPS) is 11.0. The number of carbonyl (C=O) groups excluding carboxylic acids is 2. The SMILES string of the molecule is C=C(C)C(=O)Oc1ccc(Br)cc1C(C)(C)c1cc(Br)ccc1OC(=O)C(=C)C. The smallest absolute Gasteiger partial charge is 0.338 e. The maximum Gasteiger partial charge on any atom is 0.338 e. The van der Waals surface area contributed by atoms with Crippen LogP contribution in [0.4, 0.5) is 0 Å². The average Bonchev–Trinajstić information content (AvgIpc) is 2.64. The van der Waals surface area contributed by atoms with Gasteiger partial charge in [0.1, 0.15) is 11.5 Å². The molecule has 0 aliphatic rings. The van der Waals surface area contributed by atoms with Crippen LogP contribution in [0.1, 0.15) is 38.8 Å². The molecule has 0 N–H and O–H groups in total. The fourth-order valence-electron chi connectivity index (χ4n) is 2.68. The van der Waals surface area contributed by atoms with Gasteiger partial charge in [-0.1, -0.05) is 58.9 Å². The minimum Gasteiger partial charge on any atom is -0.423 e. The van der Waals surface area contributed by atoms with Gasteiger partial charge in [-0.05, 0) is 50.2 Å². The lowest BCUT2D eigenvalue weighted by Gasteiger charge is -2.30. The van der Waals surface area contributed by atoms with Crippen LogP contribution in [0.5, 0.6) is 11.5 Å². The van der Waals surface area contributed by atoms with E-state index in [-0.39, 0.29) is 0 Å². The summed E-state index contributed by atoms with van der Waals surface area (Å²) in [5.41, 5.74) is 1.41. The van der Waals surface area contributed by atoms with Crippen molar-refractivity contribution in [2.45, 2.75) is 33.1 Å². The van der Waals surface area contributed by atoms with Crippen molar-refractivity contribution in [2.75, 3.05) is 0 Å². The highest BCUT2D eigenvalue weighted by Gasteiger charge is 2.32. The molecule has 0 unspecified atom stereocenters. The standard InChI is InChI=1S/C23H22Br2O4/c1-13(2)21(26)28-19-9-7-15(24)11-17(19)23(5,6)18-12-16(25)8-10-20(18)29-22(27)14(3)4/h7-12H,1,3H2,2,4-6H3. The van der Waals surface area contributed by atoms with Gasteiger partial charge >= 0.3 is 11.9 Å². The van der Waals surface area contributed by atoms with Crippen LogP contribution in [0, 0.1) is 0 Å². The molecule has 0 atom stereocenters. The first-order valence-electron chi connectivity index (χ1n) is 8.79. The van der Waals surface area contributed by atoms with Crippen molar-refractivity contribution in [1.82, 2.24) is 0 Å². The molecule has 0 bridgehead atoms. The maximum absolute atomic E-state index is 12.1. The third-order valence-corrected chi connectivity index (χ3v) is 5.32. The van der Waals surface area contributed by atoms with E-state index in [9.17, 15) is 9.59 Å². The van der Waals surface area contributed by atoms with Crippen LogP contribution in [0.2, 0.25) is 0 Å². The molecule has 0 spiro atoms. The molecule has 0 amide bonds. The Balaban J connectivity index is 2.64. The summed E-state index contributed by atoms with van der Waals surface area (Å²) in [6, 6.07) is 10.8. The van der Waals surface area contributed by atoms with Gasteiger partial charge < -0.3 is 9.47 Å². The summed E-state index contributed by atoms with van der Waals surface area (Å²) in [5, 5.41) is 0. The highest BCUT2D eigenvalue weighted by atomic mass is 79.9. The second-order valence-electron chi connectivity index (χ2n) is 7.25. The van der Waals surface area contributed by atoms with Crippen molar-refractivity contribution in [2.24, 2.45) is 0 Å². The lowest BCUT2D eigenvalue weighted by Crippen LogP contribution is -2.23. The Morgan fingerprint density at radius 2 is 1.14 bits per heavy atom. The van der Waals surface area contributed by atoms with Crippen molar-refractivity contribution < 1.29 is 19.1 Å². The van der Waals surface area contributed by atoms with E-state index in [1.165, 1.54) is 0 Å². The van der Waals surface area contributed by atoms with Crippen LogP contribution >= 0.6 is 31.9 Å². The molecule has 2 aromatic rings.